The lowest BCUT2D eigenvalue weighted by Crippen LogP contribution is -2.57. The van der Waals surface area contributed by atoms with Crippen LogP contribution in [0.4, 0.5) is 23.7 Å². The zero-order valence-corrected chi connectivity index (χ0v) is 15.5. The van der Waals surface area contributed by atoms with E-state index in [-0.39, 0.29) is 18.7 Å². The minimum atomic E-state index is -4.51. The number of carbonyl (C=O) groups excluding carboxylic acids is 2. The molecular weight excluding hydrogens is 377 g/mol. The Morgan fingerprint density at radius 1 is 1.29 bits per heavy atom. The van der Waals surface area contributed by atoms with Crippen LogP contribution in [-0.4, -0.2) is 39.9 Å². The Balaban J connectivity index is 1.62. The molecule has 9 heteroatoms. The molecule has 2 aliphatic rings. The number of alkyl halides is 3. The Labute approximate surface area is 160 Å². The van der Waals surface area contributed by atoms with Gasteiger partial charge in [0.1, 0.15) is 0 Å². The molecule has 0 radical (unpaired) electrons. The van der Waals surface area contributed by atoms with Gasteiger partial charge in [0.15, 0.2) is 11.3 Å². The molecule has 6 nitrogen and oxygen atoms in total. The minimum Gasteiger partial charge on any atom is -0.438 e. The third kappa shape index (κ3) is 3.80. The third-order valence-corrected chi connectivity index (χ3v) is 5.59. The largest absolute Gasteiger partial charge is 0.438 e. The average molecular weight is 400 g/mol. The number of nitrogens with zero attached hydrogens (tertiary/aromatic N) is 1. The van der Waals surface area contributed by atoms with E-state index in [0.717, 1.165) is 36.3 Å². The molecule has 0 aromatic heterocycles. The monoisotopic (exact) mass is 400 g/mol. The fraction of sp³-hybridized carbons (Fsp3) is 0.579. The molecule has 154 valence electrons. The van der Waals surface area contributed by atoms with Crippen molar-refractivity contribution in [2.45, 2.75) is 63.0 Å². The Morgan fingerprint density at radius 3 is 2.61 bits per heavy atom. The summed E-state index contributed by atoms with van der Waals surface area (Å²) in [6, 6.07) is 4.31. The van der Waals surface area contributed by atoms with E-state index in [1.807, 2.05) is 0 Å². The van der Waals surface area contributed by atoms with Crippen molar-refractivity contribution in [1.29, 1.82) is 0 Å². The molecule has 1 heterocycles. The number of halogens is 3. The first-order chi connectivity index (χ1) is 13.1. The standard InChI is InChI=1S/C19H23F3N2O4/c1-17(27)18(9-3-2-4-10-18)28-16(26)24(17)11-8-15(25)23-14-7-5-6-13(12-14)19(20,21)22/h5-7,12,27H,2-4,8-11H2,1H3,(H,23,25)/t17-/m1/s1. The van der Waals surface area contributed by atoms with Crippen molar-refractivity contribution >= 4 is 17.7 Å². The number of anilines is 1. The van der Waals surface area contributed by atoms with Gasteiger partial charge in [-0.15, -0.1) is 0 Å². The van der Waals surface area contributed by atoms with Crippen molar-refractivity contribution in [2.24, 2.45) is 0 Å². The first-order valence-electron chi connectivity index (χ1n) is 9.25. The highest BCUT2D eigenvalue weighted by molar-refractivity contribution is 5.91. The Hall–Kier alpha value is -2.29. The number of hydrogen-bond donors (Lipinski definition) is 2. The molecule has 1 aromatic carbocycles. The fourth-order valence-electron chi connectivity index (χ4n) is 3.96. The van der Waals surface area contributed by atoms with Crippen molar-refractivity contribution in [1.82, 2.24) is 4.90 Å². The normalized spacial score (nSPS) is 24.3. The van der Waals surface area contributed by atoms with E-state index in [0.29, 0.717) is 12.8 Å². The summed E-state index contributed by atoms with van der Waals surface area (Å²) in [5.74, 6) is -0.562. The van der Waals surface area contributed by atoms with Crippen molar-refractivity contribution in [3.05, 3.63) is 29.8 Å². The molecule has 1 aromatic rings. The van der Waals surface area contributed by atoms with Crippen LogP contribution in [0.2, 0.25) is 0 Å². The van der Waals surface area contributed by atoms with Crippen LogP contribution in [0.25, 0.3) is 0 Å². The molecular formula is C19H23F3N2O4. The molecule has 1 aliphatic heterocycles. The van der Waals surface area contributed by atoms with Crippen LogP contribution in [0, 0.1) is 0 Å². The van der Waals surface area contributed by atoms with Crippen LogP contribution in [0.15, 0.2) is 24.3 Å². The van der Waals surface area contributed by atoms with Crippen molar-refractivity contribution in [2.75, 3.05) is 11.9 Å². The number of aliphatic hydroxyl groups is 1. The van der Waals surface area contributed by atoms with Crippen molar-refractivity contribution in [3.8, 4) is 0 Å². The number of hydrogen-bond acceptors (Lipinski definition) is 4. The summed E-state index contributed by atoms with van der Waals surface area (Å²) in [4.78, 5) is 25.6. The molecule has 28 heavy (non-hydrogen) atoms. The zero-order valence-electron chi connectivity index (χ0n) is 15.5. The maximum absolute atomic E-state index is 12.8. The van der Waals surface area contributed by atoms with E-state index in [1.165, 1.54) is 19.1 Å². The maximum atomic E-state index is 12.8. The van der Waals surface area contributed by atoms with E-state index in [2.05, 4.69) is 5.32 Å². The second kappa shape index (κ2) is 7.27. The average Bonchev–Trinajstić information content (AvgIpc) is 2.78. The van der Waals surface area contributed by atoms with Gasteiger partial charge in [-0.1, -0.05) is 12.5 Å². The molecule has 2 N–H and O–H groups in total. The quantitative estimate of drug-likeness (QED) is 0.804. The number of rotatable bonds is 4. The van der Waals surface area contributed by atoms with E-state index >= 15 is 0 Å². The molecule has 1 atom stereocenters. The van der Waals surface area contributed by atoms with Crippen LogP contribution in [-0.2, 0) is 15.7 Å². The molecule has 2 fully saturated rings. The summed E-state index contributed by atoms with van der Waals surface area (Å²) in [6.45, 7) is 1.41. The summed E-state index contributed by atoms with van der Waals surface area (Å²) in [5, 5.41) is 13.3. The van der Waals surface area contributed by atoms with E-state index in [9.17, 15) is 27.9 Å². The molecule has 3 rings (SSSR count). The molecule has 1 saturated carbocycles. The number of amides is 2. The highest BCUT2D eigenvalue weighted by atomic mass is 19.4. The van der Waals surface area contributed by atoms with Gasteiger partial charge in [0, 0.05) is 18.7 Å². The van der Waals surface area contributed by atoms with Gasteiger partial charge in [0.25, 0.3) is 0 Å². The van der Waals surface area contributed by atoms with E-state index < -0.39 is 35.1 Å². The van der Waals surface area contributed by atoms with Gasteiger partial charge in [-0.05, 0) is 50.8 Å². The maximum Gasteiger partial charge on any atom is 0.416 e. The summed E-state index contributed by atoms with van der Waals surface area (Å²) >= 11 is 0. The van der Waals surface area contributed by atoms with Crippen molar-refractivity contribution < 1.29 is 32.6 Å². The molecule has 0 bridgehead atoms. The second-order valence-electron chi connectivity index (χ2n) is 7.47. The van der Waals surface area contributed by atoms with Gasteiger partial charge in [0.05, 0.1) is 5.56 Å². The number of ether oxygens (including phenoxy) is 1. The summed E-state index contributed by atoms with van der Waals surface area (Å²) in [7, 11) is 0. The van der Waals surface area contributed by atoms with Gasteiger partial charge in [-0.3, -0.25) is 9.69 Å². The third-order valence-electron chi connectivity index (χ3n) is 5.59. The highest BCUT2D eigenvalue weighted by Crippen LogP contribution is 2.46. The van der Waals surface area contributed by atoms with Crippen LogP contribution >= 0.6 is 0 Å². The van der Waals surface area contributed by atoms with Gasteiger partial charge >= 0.3 is 12.3 Å². The molecule has 1 spiro atoms. The number of benzene rings is 1. The van der Waals surface area contributed by atoms with Crippen LogP contribution in [0.3, 0.4) is 0 Å². The lowest BCUT2D eigenvalue weighted by atomic mass is 9.77. The molecule has 2 amide bonds. The van der Waals surface area contributed by atoms with Gasteiger partial charge in [-0.25, -0.2) is 4.79 Å². The summed E-state index contributed by atoms with van der Waals surface area (Å²) in [6.07, 6.45) is -1.57. The lowest BCUT2D eigenvalue weighted by Gasteiger charge is -2.42. The summed E-state index contributed by atoms with van der Waals surface area (Å²) in [5.41, 5.74) is -3.36. The van der Waals surface area contributed by atoms with Crippen LogP contribution in [0.5, 0.6) is 0 Å². The first kappa shape index (κ1) is 20.4. The van der Waals surface area contributed by atoms with Gasteiger partial charge < -0.3 is 15.2 Å². The number of carbonyl (C=O) groups is 2. The number of nitrogens with one attached hydrogen (secondary N) is 1. The second-order valence-corrected chi connectivity index (χ2v) is 7.47. The first-order valence-corrected chi connectivity index (χ1v) is 9.25. The Bertz CT molecular complexity index is 758. The van der Waals surface area contributed by atoms with Crippen molar-refractivity contribution in [3.63, 3.8) is 0 Å². The highest BCUT2D eigenvalue weighted by Gasteiger charge is 2.61. The topological polar surface area (TPSA) is 78.9 Å². The van der Waals surface area contributed by atoms with Crippen LogP contribution in [0.1, 0.15) is 51.0 Å². The predicted octanol–water partition coefficient (Wildman–Crippen LogP) is 3.90. The van der Waals surface area contributed by atoms with E-state index in [4.69, 9.17) is 4.74 Å². The zero-order chi connectivity index (χ0) is 20.6. The SMILES string of the molecule is C[C@]1(O)N(CCC(=O)Nc2cccc(C(F)(F)F)c2)C(=O)OC12CCCCC2. The Morgan fingerprint density at radius 2 is 1.96 bits per heavy atom. The van der Waals surface area contributed by atoms with Gasteiger partial charge in [-0.2, -0.15) is 13.2 Å². The van der Waals surface area contributed by atoms with Crippen LogP contribution < -0.4 is 5.32 Å². The predicted molar refractivity (Wildman–Crippen MR) is 94.3 cm³/mol. The Kier molecular flexibility index (Phi) is 5.31. The smallest absolute Gasteiger partial charge is 0.416 e. The lowest BCUT2D eigenvalue weighted by molar-refractivity contribution is -0.159. The summed E-state index contributed by atoms with van der Waals surface area (Å²) < 4.78 is 43.8. The molecule has 1 aliphatic carbocycles. The van der Waals surface area contributed by atoms with Gasteiger partial charge in [0.2, 0.25) is 5.91 Å². The fourth-order valence-corrected chi connectivity index (χ4v) is 3.96. The molecule has 1 saturated heterocycles. The molecule has 0 unspecified atom stereocenters. The minimum absolute atomic E-state index is 0.0133. The van der Waals surface area contributed by atoms with E-state index in [1.54, 1.807) is 0 Å².